The molecule has 1 aliphatic rings. The van der Waals surface area contributed by atoms with E-state index in [1.165, 1.54) is 0 Å². The SMILES string of the molecule is Cc1noc(C)c1CC(=O)N(Cc1cccn1C)C1CC1. The average Bonchev–Trinajstić information content (AvgIpc) is 3.15. The third kappa shape index (κ3) is 2.86. The summed E-state index contributed by atoms with van der Waals surface area (Å²) in [7, 11) is 2.01. The van der Waals surface area contributed by atoms with Gasteiger partial charge in [-0.05, 0) is 38.8 Å². The third-order valence-electron chi connectivity index (χ3n) is 4.20. The maximum absolute atomic E-state index is 12.7. The third-order valence-corrected chi connectivity index (χ3v) is 4.20. The first kappa shape index (κ1) is 13.9. The minimum Gasteiger partial charge on any atom is -0.361 e. The molecule has 0 unspecified atom stereocenters. The fourth-order valence-corrected chi connectivity index (χ4v) is 2.65. The molecule has 2 aromatic rings. The molecule has 3 rings (SSSR count). The van der Waals surface area contributed by atoms with Crippen LogP contribution in [0.5, 0.6) is 0 Å². The molecule has 0 spiro atoms. The van der Waals surface area contributed by atoms with E-state index in [9.17, 15) is 4.79 Å². The van der Waals surface area contributed by atoms with Gasteiger partial charge in [0.05, 0.1) is 18.7 Å². The van der Waals surface area contributed by atoms with Crippen LogP contribution in [0.1, 0.15) is 35.6 Å². The molecule has 0 aliphatic heterocycles. The summed E-state index contributed by atoms with van der Waals surface area (Å²) < 4.78 is 7.22. The molecule has 21 heavy (non-hydrogen) atoms. The summed E-state index contributed by atoms with van der Waals surface area (Å²) in [6.45, 7) is 4.43. The van der Waals surface area contributed by atoms with Crippen molar-refractivity contribution in [1.29, 1.82) is 0 Å². The summed E-state index contributed by atoms with van der Waals surface area (Å²) in [4.78, 5) is 14.7. The van der Waals surface area contributed by atoms with Gasteiger partial charge >= 0.3 is 0 Å². The fourth-order valence-electron chi connectivity index (χ4n) is 2.65. The second kappa shape index (κ2) is 5.39. The Morgan fingerprint density at radius 3 is 2.76 bits per heavy atom. The Morgan fingerprint density at radius 1 is 1.48 bits per heavy atom. The fraction of sp³-hybridized carbons (Fsp3) is 0.500. The zero-order chi connectivity index (χ0) is 15.0. The molecule has 1 fully saturated rings. The lowest BCUT2D eigenvalue weighted by Crippen LogP contribution is -2.34. The Kier molecular flexibility index (Phi) is 3.57. The average molecular weight is 287 g/mol. The molecule has 1 amide bonds. The van der Waals surface area contributed by atoms with Gasteiger partial charge in [-0.15, -0.1) is 0 Å². The van der Waals surface area contributed by atoms with Gasteiger partial charge < -0.3 is 14.0 Å². The highest BCUT2D eigenvalue weighted by molar-refractivity contribution is 5.79. The van der Waals surface area contributed by atoms with Crippen LogP contribution in [0.2, 0.25) is 0 Å². The van der Waals surface area contributed by atoms with Crippen LogP contribution in [0.4, 0.5) is 0 Å². The molecule has 0 saturated heterocycles. The van der Waals surface area contributed by atoms with Crippen molar-refractivity contribution in [2.75, 3.05) is 0 Å². The molecule has 0 bridgehead atoms. The molecule has 0 aromatic carbocycles. The zero-order valence-electron chi connectivity index (χ0n) is 12.8. The van der Waals surface area contributed by atoms with Crippen LogP contribution in [0.25, 0.3) is 0 Å². The summed E-state index contributed by atoms with van der Waals surface area (Å²) in [5, 5.41) is 3.93. The number of aromatic nitrogens is 2. The summed E-state index contributed by atoms with van der Waals surface area (Å²) in [5.74, 6) is 0.906. The first-order chi connectivity index (χ1) is 10.1. The molecule has 0 N–H and O–H groups in total. The first-order valence-electron chi connectivity index (χ1n) is 7.37. The maximum Gasteiger partial charge on any atom is 0.227 e. The smallest absolute Gasteiger partial charge is 0.227 e. The van der Waals surface area contributed by atoms with E-state index in [1.54, 1.807) is 0 Å². The second-order valence-electron chi connectivity index (χ2n) is 5.84. The first-order valence-corrected chi connectivity index (χ1v) is 7.37. The standard InChI is InChI=1S/C16H21N3O2/c1-11-15(12(2)21-17-11)9-16(20)19(13-6-7-13)10-14-5-4-8-18(14)3/h4-5,8,13H,6-7,9-10H2,1-3H3. The lowest BCUT2D eigenvalue weighted by molar-refractivity contribution is -0.131. The number of carbonyl (C=O) groups is 1. The van der Waals surface area contributed by atoms with Crippen molar-refractivity contribution in [3.8, 4) is 0 Å². The van der Waals surface area contributed by atoms with Crippen LogP contribution in [-0.2, 0) is 24.8 Å². The highest BCUT2D eigenvalue weighted by Gasteiger charge is 2.33. The topological polar surface area (TPSA) is 51.3 Å². The van der Waals surface area contributed by atoms with E-state index in [1.807, 2.05) is 38.1 Å². The van der Waals surface area contributed by atoms with Crippen molar-refractivity contribution in [3.05, 3.63) is 41.0 Å². The predicted molar refractivity (Wildman–Crippen MR) is 78.7 cm³/mol. The number of carbonyl (C=O) groups excluding carboxylic acids is 1. The van der Waals surface area contributed by atoms with Crippen LogP contribution in [0, 0.1) is 13.8 Å². The number of amides is 1. The normalized spacial score (nSPS) is 14.4. The number of nitrogens with zero attached hydrogens (tertiary/aromatic N) is 3. The molecular weight excluding hydrogens is 266 g/mol. The van der Waals surface area contributed by atoms with Gasteiger partial charge in [0.2, 0.25) is 5.91 Å². The van der Waals surface area contributed by atoms with Gasteiger partial charge in [0.1, 0.15) is 5.76 Å². The Labute approximate surface area is 124 Å². The van der Waals surface area contributed by atoms with Gasteiger partial charge in [-0.25, -0.2) is 0 Å². The van der Waals surface area contributed by atoms with Gasteiger partial charge in [0, 0.05) is 30.5 Å². The highest BCUT2D eigenvalue weighted by atomic mass is 16.5. The van der Waals surface area contributed by atoms with Crippen LogP contribution in [-0.4, -0.2) is 26.6 Å². The lowest BCUT2D eigenvalue weighted by Gasteiger charge is -2.23. The summed E-state index contributed by atoms with van der Waals surface area (Å²) in [6.07, 6.45) is 4.61. The second-order valence-corrected chi connectivity index (χ2v) is 5.84. The van der Waals surface area contributed by atoms with Gasteiger partial charge in [-0.1, -0.05) is 5.16 Å². The summed E-state index contributed by atoms with van der Waals surface area (Å²) in [6, 6.07) is 4.48. The zero-order valence-corrected chi connectivity index (χ0v) is 12.8. The molecule has 1 aliphatic carbocycles. The van der Waals surface area contributed by atoms with Crippen molar-refractivity contribution < 1.29 is 9.32 Å². The Morgan fingerprint density at radius 2 is 2.24 bits per heavy atom. The van der Waals surface area contributed by atoms with Gasteiger partial charge in [0.25, 0.3) is 0 Å². The van der Waals surface area contributed by atoms with Crippen LogP contribution < -0.4 is 0 Å². The van der Waals surface area contributed by atoms with Crippen molar-refractivity contribution in [2.45, 2.75) is 45.7 Å². The van der Waals surface area contributed by atoms with E-state index >= 15 is 0 Å². The number of hydrogen-bond donors (Lipinski definition) is 0. The largest absolute Gasteiger partial charge is 0.361 e. The van der Waals surface area contributed by atoms with E-state index in [4.69, 9.17) is 4.52 Å². The van der Waals surface area contributed by atoms with Crippen molar-refractivity contribution in [1.82, 2.24) is 14.6 Å². The number of rotatable bonds is 5. The predicted octanol–water partition coefficient (Wildman–Crippen LogP) is 2.36. The molecule has 112 valence electrons. The highest BCUT2D eigenvalue weighted by Crippen LogP contribution is 2.29. The molecule has 0 radical (unpaired) electrons. The van der Waals surface area contributed by atoms with Crippen LogP contribution in [0.15, 0.2) is 22.9 Å². The Hall–Kier alpha value is -2.04. The van der Waals surface area contributed by atoms with E-state index in [2.05, 4.69) is 15.8 Å². The van der Waals surface area contributed by atoms with Crippen LogP contribution in [0.3, 0.4) is 0 Å². The monoisotopic (exact) mass is 287 g/mol. The molecule has 2 aromatic heterocycles. The van der Waals surface area contributed by atoms with Crippen molar-refractivity contribution >= 4 is 5.91 Å². The molecular formula is C16H21N3O2. The number of aryl methyl sites for hydroxylation is 3. The Balaban J connectivity index is 1.75. The molecule has 5 heteroatoms. The summed E-state index contributed by atoms with van der Waals surface area (Å²) in [5.41, 5.74) is 2.90. The Bertz CT molecular complexity index is 633. The summed E-state index contributed by atoms with van der Waals surface area (Å²) >= 11 is 0. The molecule has 0 atom stereocenters. The number of hydrogen-bond acceptors (Lipinski definition) is 3. The van der Waals surface area contributed by atoms with Gasteiger partial charge in [-0.2, -0.15) is 0 Å². The van der Waals surface area contributed by atoms with E-state index in [0.29, 0.717) is 19.0 Å². The van der Waals surface area contributed by atoms with E-state index in [-0.39, 0.29) is 5.91 Å². The minimum absolute atomic E-state index is 0.160. The van der Waals surface area contributed by atoms with Crippen LogP contribution >= 0.6 is 0 Å². The van der Waals surface area contributed by atoms with Crippen molar-refractivity contribution in [3.63, 3.8) is 0 Å². The van der Waals surface area contributed by atoms with E-state index < -0.39 is 0 Å². The van der Waals surface area contributed by atoms with Crippen molar-refractivity contribution in [2.24, 2.45) is 7.05 Å². The molecule has 2 heterocycles. The van der Waals surface area contributed by atoms with Gasteiger partial charge in [0.15, 0.2) is 0 Å². The quantitative estimate of drug-likeness (QED) is 0.848. The lowest BCUT2D eigenvalue weighted by atomic mass is 10.1. The maximum atomic E-state index is 12.7. The minimum atomic E-state index is 0.160. The molecule has 1 saturated carbocycles. The van der Waals surface area contributed by atoms with E-state index in [0.717, 1.165) is 35.6 Å². The molecule has 5 nitrogen and oxygen atoms in total. The van der Waals surface area contributed by atoms with Gasteiger partial charge in [-0.3, -0.25) is 4.79 Å².